The molecule has 0 aromatic heterocycles. The van der Waals surface area contributed by atoms with Crippen LogP contribution in [0.4, 0.5) is 56.9 Å². The molecule has 0 amide bonds. The van der Waals surface area contributed by atoms with E-state index in [4.69, 9.17) is 36.6 Å². The molecule has 0 aliphatic rings. The van der Waals surface area contributed by atoms with Crippen LogP contribution < -0.4 is 26.7 Å². The van der Waals surface area contributed by atoms with Gasteiger partial charge >= 0.3 is 0 Å². The summed E-state index contributed by atoms with van der Waals surface area (Å²) in [5.41, 5.74) is 18.4. The maximum atomic E-state index is 13.2. The molecule has 0 fully saturated rings. The number of hydrogen-bond acceptors (Lipinski definition) is 26. The summed E-state index contributed by atoms with van der Waals surface area (Å²) in [7, 11) is -11.7. The van der Waals surface area contributed by atoms with Crippen molar-refractivity contribution in [2.75, 3.05) is 41.4 Å². The number of azo groups is 3. The number of nitrogens with zero attached hydrogens (tertiary/aromatic N) is 6. The number of fused-ring (bicyclic) bond motifs is 1. The van der Waals surface area contributed by atoms with Crippen molar-refractivity contribution < 1.29 is 73.1 Å². The molecule has 6 aromatic carbocycles. The van der Waals surface area contributed by atoms with Crippen LogP contribution in [0, 0.1) is 0 Å². The number of nitrogens with two attached hydrogens (primary N) is 3. The Hall–Kier alpha value is -6.59. The van der Waals surface area contributed by atoms with Crippen LogP contribution in [0.3, 0.4) is 0 Å². The van der Waals surface area contributed by atoms with Crippen LogP contribution in [-0.2, 0) is 52.9 Å². The van der Waals surface area contributed by atoms with Crippen molar-refractivity contribution in [1.29, 1.82) is 0 Å². The minimum absolute atomic E-state index is 0.0249. The molecule has 0 radical (unpaired) electrons. The highest BCUT2D eigenvalue weighted by Gasteiger charge is 2.26. The van der Waals surface area contributed by atoms with Crippen LogP contribution in [-0.4, -0.2) is 64.9 Å². The van der Waals surface area contributed by atoms with Crippen LogP contribution in [0.1, 0.15) is 0 Å². The molecule has 0 saturated heterocycles. The summed E-state index contributed by atoms with van der Waals surface area (Å²) in [5, 5.41) is 59.3. The number of nitrogen functional groups attached to an aromatic ring is 3. The number of sulfone groups is 1. The molecule has 31 heteroatoms. The van der Waals surface area contributed by atoms with Crippen molar-refractivity contribution in [3.05, 3.63) is 97.1 Å². The van der Waals surface area contributed by atoms with Gasteiger partial charge in [0.05, 0.1) is 85.7 Å². The van der Waals surface area contributed by atoms with Crippen LogP contribution in [0.15, 0.2) is 147 Å². The number of benzene rings is 6. The number of anilines is 4. The summed E-state index contributed by atoms with van der Waals surface area (Å²) in [4.78, 5) is -1.30. The average molecular weight is 1040 g/mol. The van der Waals surface area contributed by atoms with E-state index in [0.29, 0.717) is 34.9 Å². The van der Waals surface area contributed by atoms with E-state index in [2.05, 4.69) is 54.2 Å². The van der Waals surface area contributed by atoms with E-state index in [1.165, 1.54) is 98.1 Å². The Morgan fingerprint density at radius 2 is 1.25 bits per heavy atom. The molecular formula is C37H34N10O16S5. The quantitative estimate of drug-likeness (QED) is 0.00634. The zero-order valence-electron chi connectivity index (χ0n) is 34.3. The molecule has 0 spiro atoms. The molecule has 11 N–H and O–H groups in total. The SMILES string of the molecule is COc1cc(/N=N/c2ccc(NS(=O)(=O)c3ccc(/N=N/c4c(S(=O)(=O)O)cc5cc(SOOO)c(/N=N/c6ccc(S(=O)(=O)CCOSOOO)cc6)c(N)c5c4O)cc3)cc2)c(N)cc1N. The molecule has 68 heavy (non-hydrogen) atoms. The van der Waals surface area contributed by atoms with Crippen molar-refractivity contribution in [3.8, 4) is 11.5 Å². The number of aromatic hydroxyl groups is 1. The molecule has 0 bridgehead atoms. The molecule has 6 aromatic rings. The van der Waals surface area contributed by atoms with Crippen molar-refractivity contribution in [2.45, 2.75) is 19.6 Å². The van der Waals surface area contributed by atoms with Gasteiger partial charge in [0, 0.05) is 11.8 Å². The number of sulfonamides is 1. The number of hydrogen-bond donors (Lipinski definition) is 8. The predicted molar refractivity (Wildman–Crippen MR) is 245 cm³/mol. The lowest BCUT2D eigenvalue weighted by atomic mass is 10.1. The first-order valence-corrected chi connectivity index (χ1v) is 24.4. The lowest BCUT2D eigenvalue weighted by Gasteiger charge is -2.14. The third-order valence-electron chi connectivity index (χ3n) is 8.93. The topological polar surface area (TPSA) is 403 Å². The number of ether oxygens (including phenoxy) is 1. The van der Waals surface area contributed by atoms with E-state index in [1.54, 1.807) is 0 Å². The molecule has 0 aliphatic carbocycles. The standard InChI is InChI=1S/C37H34N10O16S5/c1-58-30-19-29(27(38)18-28(30)39)44-41-21-2-4-24(5-3-21)47-67(53,54)26-12-8-23(9-13-26)43-46-36-32(68(55,56)57)17-20-16-31(64-62-60-49)35(34(40)33(20)37(36)48)45-42-22-6-10-25(11-7-22)66(51,52)15-14-59-65-63-61-50/h2-13,16-19,47-50H,14-15,38-40H2,1H3,(H,55,56,57)/b44-41+,45-42+,46-43+. The smallest absolute Gasteiger partial charge is 0.296 e. The van der Waals surface area contributed by atoms with Gasteiger partial charge in [-0.05, 0) is 96.4 Å². The lowest BCUT2D eigenvalue weighted by molar-refractivity contribution is -0.434. The average Bonchev–Trinajstić information content (AvgIpc) is 3.30. The lowest BCUT2D eigenvalue weighted by Crippen LogP contribution is -2.12. The van der Waals surface area contributed by atoms with Gasteiger partial charge in [0.1, 0.15) is 27.7 Å². The van der Waals surface area contributed by atoms with Crippen molar-refractivity contribution in [3.63, 3.8) is 0 Å². The largest absolute Gasteiger partial charge is 0.505 e. The monoisotopic (exact) mass is 1030 g/mol. The highest BCUT2D eigenvalue weighted by Crippen LogP contribution is 2.49. The second kappa shape index (κ2) is 22.0. The van der Waals surface area contributed by atoms with Gasteiger partial charge in [-0.25, -0.2) is 27.4 Å². The third kappa shape index (κ3) is 12.5. The zero-order valence-corrected chi connectivity index (χ0v) is 38.4. The number of methoxy groups -OCH3 is 1. The van der Waals surface area contributed by atoms with Gasteiger partial charge in [0.2, 0.25) is 0 Å². The van der Waals surface area contributed by atoms with E-state index < -0.39 is 52.1 Å². The molecular weight excluding hydrogens is 1000 g/mol. The summed E-state index contributed by atoms with van der Waals surface area (Å²) in [5.74, 6) is -1.01. The van der Waals surface area contributed by atoms with Gasteiger partial charge < -0.3 is 27.0 Å². The summed E-state index contributed by atoms with van der Waals surface area (Å²) in [6.07, 6.45) is 0. The number of rotatable bonds is 21. The van der Waals surface area contributed by atoms with Crippen molar-refractivity contribution in [1.82, 2.24) is 0 Å². The second-order valence-corrected chi connectivity index (χ2v) is 19.7. The maximum absolute atomic E-state index is 13.2. The molecule has 0 atom stereocenters. The van der Waals surface area contributed by atoms with Crippen molar-refractivity contribution in [2.24, 2.45) is 30.7 Å². The molecule has 0 heterocycles. The summed E-state index contributed by atoms with van der Waals surface area (Å²) < 4.78 is 108. The Bertz CT molecular complexity index is 3240. The number of phenolic OH excluding ortho intramolecular Hbond substituents is 1. The minimum Gasteiger partial charge on any atom is -0.505 e. The first kappa shape index (κ1) is 50.8. The Morgan fingerprint density at radius 3 is 1.84 bits per heavy atom. The van der Waals surface area contributed by atoms with Crippen molar-refractivity contribution >= 4 is 122 Å². The van der Waals surface area contributed by atoms with Crippen LogP contribution in [0.25, 0.3) is 10.8 Å². The summed E-state index contributed by atoms with van der Waals surface area (Å²) in [6, 6.07) is 20.9. The van der Waals surface area contributed by atoms with Gasteiger partial charge in [0.15, 0.2) is 27.9 Å². The zero-order chi connectivity index (χ0) is 49.2. The van der Waals surface area contributed by atoms with E-state index in [-0.39, 0.29) is 78.5 Å². The second-order valence-electron chi connectivity index (χ2n) is 13.3. The van der Waals surface area contributed by atoms with Crippen LogP contribution in [0.2, 0.25) is 0 Å². The summed E-state index contributed by atoms with van der Waals surface area (Å²) in [6.45, 7) is -0.324. The van der Waals surface area contributed by atoms with Gasteiger partial charge in [-0.1, -0.05) is 10.1 Å². The van der Waals surface area contributed by atoms with Gasteiger partial charge in [-0.2, -0.15) is 23.8 Å². The molecule has 0 unspecified atom stereocenters. The Labute approximate surface area is 393 Å². The highest BCUT2D eigenvalue weighted by molar-refractivity contribution is 7.94. The molecule has 358 valence electrons. The third-order valence-corrected chi connectivity index (χ3v) is 13.9. The minimum atomic E-state index is -5.14. The first-order chi connectivity index (χ1) is 32.3. The van der Waals surface area contributed by atoms with Gasteiger partial charge in [-0.15, -0.1) is 24.0 Å². The molecule has 0 saturated carbocycles. The maximum Gasteiger partial charge on any atom is 0.296 e. The Morgan fingerprint density at radius 1 is 0.676 bits per heavy atom. The fourth-order valence-corrected chi connectivity index (χ4v) is 9.40. The highest BCUT2D eigenvalue weighted by atomic mass is 32.2. The van der Waals surface area contributed by atoms with Gasteiger partial charge in [-0.3, -0.25) is 13.5 Å². The predicted octanol–water partition coefficient (Wildman–Crippen LogP) is 8.80. The van der Waals surface area contributed by atoms with E-state index >= 15 is 0 Å². The van der Waals surface area contributed by atoms with E-state index in [0.717, 1.165) is 6.07 Å². The number of nitrogens with one attached hydrogen (secondary N) is 1. The molecule has 6 rings (SSSR count). The molecule has 26 nitrogen and oxygen atoms in total. The fourth-order valence-electron chi connectivity index (χ4n) is 5.77. The molecule has 0 aliphatic heterocycles. The van der Waals surface area contributed by atoms with Crippen LogP contribution in [0.5, 0.6) is 11.5 Å². The summed E-state index contributed by atoms with van der Waals surface area (Å²) >= 11 is 0.551. The first-order valence-electron chi connectivity index (χ1n) is 18.4. The Balaban J connectivity index is 1.23. The number of phenols is 1. The fraction of sp³-hybridized carbons (Fsp3) is 0.0811. The van der Waals surface area contributed by atoms with Crippen LogP contribution >= 0.6 is 24.4 Å². The Kier molecular flexibility index (Phi) is 16.5. The van der Waals surface area contributed by atoms with Gasteiger partial charge in [0.25, 0.3) is 20.1 Å². The van der Waals surface area contributed by atoms with E-state index in [9.17, 15) is 34.9 Å². The normalized spacial score (nSPS) is 12.5. The van der Waals surface area contributed by atoms with E-state index in [1.807, 2.05) is 0 Å².